The van der Waals surface area contributed by atoms with E-state index in [2.05, 4.69) is 53.4 Å². The minimum Gasteiger partial charge on any atom is -0.357 e. The van der Waals surface area contributed by atoms with Gasteiger partial charge >= 0.3 is 0 Å². The van der Waals surface area contributed by atoms with E-state index in [4.69, 9.17) is 4.99 Å². The average Bonchev–Trinajstić information content (AvgIpc) is 3.15. The van der Waals surface area contributed by atoms with Crippen LogP contribution in [0.5, 0.6) is 0 Å². The van der Waals surface area contributed by atoms with Crippen molar-refractivity contribution in [1.29, 1.82) is 0 Å². The van der Waals surface area contributed by atoms with Crippen LogP contribution in [0.2, 0.25) is 0 Å². The van der Waals surface area contributed by atoms with Crippen LogP contribution >= 0.6 is 0 Å². The topological polar surface area (TPSA) is 52.6 Å². The highest BCUT2D eigenvalue weighted by atomic mass is 15.2. The third-order valence-electron chi connectivity index (χ3n) is 4.63. The largest absolute Gasteiger partial charge is 0.357 e. The van der Waals surface area contributed by atoms with Gasteiger partial charge in [-0.15, -0.1) is 0 Å². The van der Waals surface area contributed by atoms with Crippen molar-refractivity contribution in [3.63, 3.8) is 0 Å². The van der Waals surface area contributed by atoms with Crippen molar-refractivity contribution in [3.8, 4) is 0 Å². The second-order valence-electron chi connectivity index (χ2n) is 6.95. The number of hydrogen-bond donors (Lipinski definition) is 2. The smallest absolute Gasteiger partial charge is 0.191 e. The second-order valence-corrected chi connectivity index (χ2v) is 6.95. The molecule has 1 fully saturated rings. The molecule has 2 rings (SSSR count). The van der Waals surface area contributed by atoms with Crippen molar-refractivity contribution in [2.45, 2.75) is 71.9 Å². The molecule has 25 heavy (non-hydrogen) atoms. The quantitative estimate of drug-likeness (QED) is 0.407. The first-order valence-corrected chi connectivity index (χ1v) is 9.97. The number of nitrogens with one attached hydrogen (secondary N) is 2. The van der Waals surface area contributed by atoms with E-state index >= 15 is 0 Å². The molecule has 2 N–H and O–H groups in total. The summed E-state index contributed by atoms with van der Waals surface area (Å²) in [5, 5.41) is 6.89. The molecule has 2 heterocycles. The minimum absolute atomic E-state index is 0.446. The molecule has 1 aromatic heterocycles. The average molecular weight is 346 g/mol. The summed E-state index contributed by atoms with van der Waals surface area (Å²) in [4.78, 5) is 11.7. The minimum atomic E-state index is 0.446. The Bertz CT molecular complexity index is 523. The third kappa shape index (κ3) is 6.92. The van der Waals surface area contributed by atoms with Crippen LogP contribution in [0.1, 0.15) is 64.9 Å². The van der Waals surface area contributed by atoms with Gasteiger partial charge in [0.05, 0.1) is 6.54 Å². The van der Waals surface area contributed by atoms with Crippen LogP contribution in [0.3, 0.4) is 0 Å². The van der Waals surface area contributed by atoms with Crippen LogP contribution in [0.15, 0.2) is 23.3 Å². The van der Waals surface area contributed by atoms with Gasteiger partial charge in [0.15, 0.2) is 5.96 Å². The van der Waals surface area contributed by atoms with Gasteiger partial charge in [-0.1, -0.05) is 26.2 Å². The number of aromatic nitrogens is 1. The zero-order valence-corrected chi connectivity index (χ0v) is 16.2. The summed E-state index contributed by atoms with van der Waals surface area (Å²) >= 11 is 0. The van der Waals surface area contributed by atoms with Crippen molar-refractivity contribution in [2.75, 3.05) is 24.5 Å². The molecular weight excluding hydrogens is 310 g/mol. The highest BCUT2D eigenvalue weighted by Gasteiger charge is 2.13. The maximum Gasteiger partial charge on any atom is 0.191 e. The molecule has 1 aliphatic heterocycles. The van der Waals surface area contributed by atoms with E-state index in [9.17, 15) is 0 Å². The van der Waals surface area contributed by atoms with Crippen molar-refractivity contribution in [3.05, 3.63) is 23.9 Å². The summed E-state index contributed by atoms with van der Waals surface area (Å²) in [7, 11) is 0. The van der Waals surface area contributed by atoms with Gasteiger partial charge in [-0.05, 0) is 50.8 Å². The van der Waals surface area contributed by atoms with Crippen LogP contribution in [0.4, 0.5) is 5.82 Å². The fourth-order valence-corrected chi connectivity index (χ4v) is 3.17. The number of pyridine rings is 1. The van der Waals surface area contributed by atoms with Crippen LogP contribution in [-0.4, -0.2) is 36.6 Å². The Kier molecular flexibility index (Phi) is 8.56. The molecule has 0 aliphatic carbocycles. The lowest BCUT2D eigenvalue weighted by molar-refractivity contribution is 0.547. The maximum absolute atomic E-state index is 4.77. The molecule has 0 amide bonds. The molecule has 1 unspecified atom stereocenters. The summed E-state index contributed by atoms with van der Waals surface area (Å²) in [6.45, 7) is 10.4. The van der Waals surface area contributed by atoms with Gasteiger partial charge in [0.2, 0.25) is 0 Å². The molecule has 140 valence electrons. The molecule has 1 aliphatic rings. The van der Waals surface area contributed by atoms with E-state index in [-0.39, 0.29) is 0 Å². The van der Waals surface area contributed by atoms with Crippen LogP contribution in [0, 0.1) is 0 Å². The Morgan fingerprint density at radius 2 is 2.08 bits per heavy atom. The molecule has 0 bridgehead atoms. The Morgan fingerprint density at radius 3 is 2.80 bits per heavy atom. The van der Waals surface area contributed by atoms with Crippen LogP contribution < -0.4 is 15.5 Å². The highest BCUT2D eigenvalue weighted by molar-refractivity contribution is 5.80. The standard InChI is InChI=1S/C20H35N5/c1-4-6-7-10-17(3)24-20(21-5-2)23-16-18-11-12-22-19(15-18)25-13-8-9-14-25/h11-12,15,17H,4-10,13-14,16H2,1-3H3,(H2,21,23,24). The van der Waals surface area contributed by atoms with Gasteiger partial charge in [0.1, 0.15) is 5.82 Å². The van der Waals surface area contributed by atoms with Gasteiger partial charge < -0.3 is 15.5 Å². The van der Waals surface area contributed by atoms with Gasteiger partial charge in [-0.3, -0.25) is 0 Å². The van der Waals surface area contributed by atoms with E-state index < -0.39 is 0 Å². The number of rotatable bonds is 9. The number of aliphatic imine (C=N–C) groups is 1. The molecule has 0 spiro atoms. The fourth-order valence-electron chi connectivity index (χ4n) is 3.17. The lowest BCUT2D eigenvalue weighted by Crippen LogP contribution is -2.42. The molecule has 5 heteroatoms. The first-order valence-electron chi connectivity index (χ1n) is 9.97. The summed E-state index contributed by atoms with van der Waals surface area (Å²) in [6.07, 6.45) is 9.48. The third-order valence-corrected chi connectivity index (χ3v) is 4.63. The van der Waals surface area contributed by atoms with E-state index in [1.165, 1.54) is 44.1 Å². The first-order chi connectivity index (χ1) is 12.2. The molecule has 1 saturated heterocycles. The summed E-state index contributed by atoms with van der Waals surface area (Å²) < 4.78 is 0. The predicted octanol–water partition coefficient (Wildman–Crippen LogP) is 3.71. The second kappa shape index (κ2) is 11.0. The molecule has 1 atom stereocenters. The molecular formula is C20H35N5. The van der Waals surface area contributed by atoms with Gasteiger partial charge in [-0.25, -0.2) is 9.98 Å². The summed E-state index contributed by atoms with van der Waals surface area (Å²) in [5.41, 5.74) is 1.22. The SMILES string of the molecule is CCCCCC(C)NC(=NCc1ccnc(N2CCCC2)c1)NCC. The number of guanidine groups is 1. The van der Waals surface area contributed by atoms with Gasteiger partial charge in [-0.2, -0.15) is 0 Å². The molecule has 0 radical (unpaired) electrons. The highest BCUT2D eigenvalue weighted by Crippen LogP contribution is 2.18. The number of unbranched alkanes of at least 4 members (excludes halogenated alkanes) is 2. The lowest BCUT2D eigenvalue weighted by atomic mass is 10.1. The van der Waals surface area contributed by atoms with E-state index in [0.29, 0.717) is 12.6 Å². The fraction of sp³-hybridized carbons (Fsp3) is 0.700. The molecule has 0 aromatic carbocycles. The van der Waals surface area contributed by atoms with Crippen molar-refractivity contribution >= 4 is 11.8 Å². The van der Waals surface area contributed by atoms with Gasteiger partial charge in [0, 0.05) is 31.9 Å². The predicted molar refractivity (Wildman–Crippen MR) is 107 cm³/mol. The normalized spacial score (nSPS) is 16.1. The Labute approximate surface area is 153 Å². The van der Waals surface area contributed by atoms with Crippen molar-refractivity contribution < 1.29 is 0 Å². The number of nitrogens with zero attached hydrogens (tertiary/aromatic N) is 3. The Balaban J connectivity index is 1.92. The van der Waals surface area contributed by atoms with E-state index in [1.54, 1.807) is 0 Å². The summed E-state index contributed by atoms with van der Waals surface area (Å²) in [5.74, 6) is 2.00. The lowest BCUT2D eigenvalue weighted by Gasteiger charge is -2.18. The Morgan fingerprint density at radius 1 is 1.28 bits per heavy atom. The molecule has 5 nitrogen and oxygen atoms in total. The maximum atomic E-state index is 4.77. The van der Waals surface area contributed by atoms with E-state index in [0.717, 1.165) is 31.4 Å². The molecule has 1 aromatic rings. The summed E-state index contributed by atoms with van der Waals surface area (Å²) in [6, 6.07) is 4.70. The van der Waals surface area contributed by atoms with Crippen LogP contribution in [0.25, 0.3) is 0 Å². The zero-order valence-electron chi connectivity index (χ0n) is 16.2. The molecule has 0 saturated carbocycles. The number of anilines is 1. The number of hydrogen-bond acceptors (Lipinski definition) is 3. The van der Waals surface area contributed by atoms with Crippen molar-refractivity contribution in [2.24, 2.45) is 4.99 Å². The zero-order chi connectivity index (χ0) is 17.9. The van der Waals surface area contributed by atoms with Crippen LogP contribution in [-0.2, 0) is 6.54 Å². The van der Waals surface area contributed by atoms with E-state index in [1.807, 2.05) is 6.20 Å². The Hall–Kier alpha value is -1.78. The van der Waals surface area contributed by atoms with Crippen molar-refractivity contribution in [1.82, 2.24) is 15.6 Å². The monoisotopic (exact) mass is 345 g/mol. The first kappa shape index (κ1) is 19.5. The van der Waals surface area contributed by atoms with Gasteiger partial charge in [0.25, 0.3) is 0 Å².